The van der Waals surface area contributed by atoms with Crippen LogP contribution in [0.15, 0.2) is 0 Å². The van der Waals surface area contributed by atoms with Gasteiger partial charge in [0, 0.05) is 0 Å². The Labute approximate surface area is 175 Å². The summed E-state index contributed by atoms with van der Waals surface area (Å²) < 4.78 is 0. The van der Waals surface area contributed by atoms with Crippen molar-refractivity contribution < 1.29 is 15.0 Å². The minimum Gasteiger partial charge on any atom is -0.547 e. The maximum absolute atomic E-state index is 10.4. The van der Waals surface area contributed by atoms with E-state index in [0.717, 1.165) is 19.3 Å². The highest BCUT2D eigenvalue weighted by Crippen LogP contribution is 2.15. The molecule has 0 aliphatic heterocycles. The van der Waals surface area contributed by atoms with Gasteiger partial charge in [0.25, 0.3) is 0 Å². The second-order valence-corrected chi connectivity index (χ2v) is 8.69. The Balaban J connectivity index is 3.04. The van der Waals surface area contributed by atoms with Crippen molar-refractivity contribution in [2.45, 2.75) is 154 Å². The number of rotatable bonds is 23. The van der Waals surface area contributed by atoms with Gasteiger partial charge in [0.2, 0.25) is 0 Å². The van der Waals surface area contributed by atoms with Crippen LogP contribution >= 0.6 is 0 Å². The number of carboxylic acid groups (broad SMARTS) is 1. The lowest BCUT2D eigenvalue weighted by Crippen LogP contribution is -2.35. The Morgan fingerprint density at radius 3 is 1.07 bits per heavy atom. The first-order valence-electron chi connectivity index (χ1n) is 12.6. The summed E-state index contributed by atoms with van der Waals surface area (Å²) in [6.45, 7) is 2.28. The fraction of sp³-hybridized carbons (Fsp3) is 0.960. The maximum Gasteiger partial charge on any atom is 0.0933 e. The van der Waals surface area contributed by atoms with E-state index in [1.807, 2.05) is 0 Å². The summed E-state index contributed by atoms with van der Waals surface area (Å²) in [5.74, 6) is -1.34. The monoisotopic (exact) mass is 397 g/mol. The molecule has 0 spiro atoms. The minimum absolute atomic E-state index is 0.335. The Kier molecular flexibility index (Phi) is 22.3. The summed E-state index contributed by atoms with van der Waals surface area (Å²) in [6.07, 6.45) is 27.2. The number of aliphatic hydroxyl groups excluding tert-OH is 1. The molecule has 0 heterocycles. The number of carbonyl (C=O) groups excluding carboxylic acids is 1. The molecule has 3 nitrogen and oxygen atoms in total. The molecule has 0 bridgehead atoms. The summed E-state index contributed by atoms with van der Waals surface area (Å²) in [5.41, 5.74) is 0. The van der Waals surface area contributed by atoms with Gasteiger partial charge in [-0.15, -0.1) is 0 Å². The molecule has 0 aromatic heterocycles. The van der Waals surface area contributed by atoms with Gasteiger partial charge in [0.1, 0.15) is 0 Å². The Bertz CT molecular complexity index is 317. The molecular weight excluding hydrogens is 348 g/mol. The van der Waals surface area contributed by atoms with Crippen molar-refractivity contribution in [1.82, 2.24) is 0 Å². The normalized spacial score (nSPS) is 12.4. The molecule has 0 aromatic carbocycles. The van der Waals surface area contributed by atoms with Crippen LogP contribution in [0, 0.1) is 0 Å². The van der Waals surface area contributed by atoms with Crippen LogP contribution in [-0.2, 0) is 4.79 Å². The van der Waals surface area contributed by atoms with Crippen LogP contribution in [-0.4, -0.2) is 17.2 Å². The molecule has 0 fully saturated rings. The van der Waals surface area contributed by atoms with E-state index in [-0.39, 0.29) is 0 Å². The van der Waals surface area contributed by atoms with Gasteiger partial charge in [-0.25, -0.2) is 0 Å². The number of hydrogen-bond donors (Lipinski definition) is 1. The molecule has 0 rings (SSSR count). The first-order chi connectivity index (χ1) is 13.7. The van der Waals surface area contributed by atoms with E-state index in [1.165, 1.54) is 116 Å². The Hall–Kier alpha value is -0.570. The molecule has 0 saturated heterocycles. The van der Waals surface area contributed by atoms with Gasteiger partial charge in [-0.2, -0.15) is 0 Å². The summed E-state index contributed by atoms with van der Waals surface area (Å²) in [7, 11) is 0. The van der Waals surface area contributed by atoms with Gasteiger partial charge < -0.3 is 15.0 Å². The van der Waals surface area contributed by atoms with E-state index in [2.05, 4.69) is 6.92 Å². The summed E-state index contributed by atoms with van der Waals surface area (Å²) in [4.78, 5) is 10.4. The highest BCUT2D eigenvalue weighted by Gasteiger charge is 2.03. The summed E-state index contributed by atoms with van der Waals surface area (Å²) in [5, 5.41) is 19.5. The lowest BCUT2D eigenvalue weighted by atomic mass is 10.0. The SMILES string of the molecule is CCCCCCCCCCCCCCCCCCCCCCCC(O)C(=O)[O-]. The summed E-state index contributed by atoms with van der Waals surface area (Å²) in [6, 6.07) is 0. The van der Waals surface area contributed by atoms with Gasteiger partial charge in [-0.3, -0.25) is 0 Å². The van der Waals surface area contributed by atoms with Crippen molar-refractivity contribution in [2.24, 2.45) is 0 Å². The van der Waals surface area contributed by atoms with Crippen LogP contribution in [0.3, 0.4) is 0 Å². The smallest absolute Gasteiger partial charge is 0.0933 e. The predicted molar refractivity (Wildman–Crippen MR) is 118 cm³/mol. The minimum atomic E-state index is -1.34. The molecule has 168 valence electrons. The van der Waals surface area contributed by atoms with Crippen LogP contribution < -0.4 is 5.11 Å². The van der Waals surface area contributed by atoms with Crippen molar-refractivity contribution in [3.05, 3.63) is 0 Å². The molecule has 0 saturated carbocycles. The van der Waals surface area contributed by atoms with Gasteiger partial charge in [-0.05, 0) is 6.42 Å². The van der Waals surface area contributed by atoms with Crippen LogP contribution in [0.4, 0.5) is 0 Å². The zero-order valence-electron chi connectivity index (χ0n) is 18.9. The number of carbonyl (C=O) groups is 1. The molecule has 1 N–H and O–H groups in total. The quantitative estimate of drug-likeness (QED) is 0.195. The molecule has 0 radical (unpaired) electrons. The third-order valence-electron chi connectivity index (χ3n) is 5.85. The first-order valence-corrected chi connectivity index (χ1v) is 12.6. The van der Waals surface area contributed by atoms with Crippen LogP contribution in [0.25, 0.3) is 0 Å². The average Bonchev–Trinajstić information content (AvgIpc) is 2.68. The Morgan fingerprint density at radius 1 is 0.571 bits per heavy atom. The lowest BCUT2D eigenvalue weighted by molar-refractivity contribution is -0.315. The van der Waals surface area contributed by atoms with Crippen molar-refractivity contribution in [2.75, 3.05) is 0 Å². The number of aliphatic carboxylic acids is 1. The molecule has 0 amide bonds. The second-order valence-electron chi connectivity index (χ2n) is 8.69. The van der Waals surface area contributed by atoms with Crippen molar-refractivity contribution in [3.63, 3.8) is 0 Å². The van der Waals surface area contributed by atoms with E-state index in [4.69, 9.17) is 5.11 Å². The molecule has 0 aliphatic carbocycles. The van der Waals surface area contributed by atoms with E-state index in [0.29, 0.717) is 6.42 Å². The van der Waals surface area contributed by atoms with E-state index < -0.39 is 12.1 Å². The molecule has 0 aliphatic rings. The van der Waals surface area contributed by atoms with Crippen molar-refractivity contribution in [1.29, 1.82) is 0 Å². The molecule has 28 heavy (non-hydrogen) atoms. The fourth-order valence-corrected chi connectivity index (χ4v) is 3.89. The van der Waals surface area contributed by atoms with Gasteiger partial charge >= 0.3 is 0 Å². The zero-order chi connectivity index (χ0) is 20.7. The zero-order valence-corrected chi connectivity index (χ0v) is 18.9. The summed E-state index contributed by atoms with van der Waals surface area (Å²) >= 11 is 0. The van der Waals surface area contributed by atoms with Gasteiger partial charge in [-0.1, -0.05) is 142 Å². The fourth-order valence-electron chi connectivity index (χ4n) is 3.89. The lowest BCUT2D eigenvalue weighted by Gasteiger charge is -2.10. The third-order valence-corrected chi connectivity index (χ3v) is 5.85. The van der Waals surface area contributed by atoms with Gasteiger partial charge in [0.05, 0.1) is 12.1 Å². The largest absolute Gasteiger partial charge is 0.547 e. The standard InChI is InChI=1S/C25H50O3/c1-2-3-4-5-6-7-8-9-10-11-12-13-14-15-16-17-18-19-20-21-22-23-24(26)25(27)28/h24,26H,2-23H2,1H3,(H,27,28)/p-1. The topological polar surface area (TPSA) is 60.4 Å². The second kappa shape index (κ2) is 22.7. The van der Waals surface area contributed by atoms with Gasteiger partial charge in [0.15, 0.2) is 0 Å². The average molecular weight is 398 g/mol. The number of aliphatic hydroxyl groups is 1. The van der Waals surface area contributed by atoms with E-state index >= 15 is 0 Å². The van der Waals surface area contributed by atoms with Crippen molar-refractivity contribution in [3.8, 4) is 0 Å². The van der Waals surface area contributed by atoms with Crippen molar-refractivity contribution >= 4 is 5.97 Å². The Morgan fingerprint density at radius 2 is 0.821 bits per heavy atom. The number of unbranched alkanes of at least 4 members (excludes halogenated alkanes) is 20. The van der Waals surface area contributed by atoms with E-state index in [9.17, 15) is 9.90 Å². The predicted octanol–water partition coefficient (Wildman–Crippen LogP) is 6.70. The molecule has 1 atom stereocenters. The third kappa shape index (κ3) is 21.7. The highest BCUT2D eigenvalue weighted by atomic mass is 16.4. The number of carboxylic acids is 1. The molecule has 0 aromatic rings. The highest BCUT2D eigenvalue weighted by molar-refractivity contribution is 5.69. The first kappa shape index (κ1) is 27.4. The van der Waals surface area contributed by atoms with Crippen LogP contribution in [0.5, 0.6) is 0 Å². The molecule has 3 heteroatoms. The van der Waals surface area contributed by atoms with Crippen LogP contribution in [0.2, 0.25) is 0 Å². The maximum atomic E-state index is 10.4. The molecular formula is C25H49O3-. The van der Waals surface area contributed by atoms with E-state index in [1.54, 1.807) is 0 Å². The molecule has 1 unspecified atom stereocenters. The number of hydrogen-bond acceptors (Lipinski definition) is 3. The van der Waals surface area contributed by atoms with Crippen LogP contribution in [0.1, 0.15) is 148 Å².